The van der Waals surface area contributed by atoms with Crippen LogP contribution in [0.3, 0.4) is 0 Å². The predicted octanol–water partition coefficient (Wildman–Crippen LogP) is 2.35. The van der Waals surface area contributed by atoms with Crippen molar-refractivity contribution in [2.45, 2.75) is 31.7 Å². The van der Waals surface area contributed by atoms with E-state index in [1.54, 1.807) is 11.3 Å². The molecule has 0 amide bonds. The third-order valence-corrected chi connectivity index (χ3v) is 3.20. The summed E-state index contributed by atoms with van der Waals surface area (Å²) in [5.41, 5.74) is 0. The molecule has 2 heterocycles. The molecule has 0 bridgehead atoms. The second kappa shape index (κ2) is 4.01. The van der Waals surface area contributed by atoms with Gasteiger partial charge in [-0.1, -0.05) is 12.8 Å². The third-order valence-electron chi connectivity index (χ3n) is 2.31. The van der Waals surface area contributed by atoms with E-state index in [1.165, 1.54) is 30.7 Å². The van der Waals surface area contributed by atoms with E-state index >= 15 is 0 Å². The van der Waals surface area contributed by atoms with Gasteiger partial charge in [0.1, 0.15) is 5.01 Å². The Morgan fingerprint density at radius 3 is 3.25 bits per heavy atom. The molecule has 1 atom stereocenters. The van der Waals surface area contributed by atoms with Crippen molar-refractivity contribution in [3.8, 4) is 0 Å². The average molecular weight is 182 g/mol. The van der Waals surface area contributed by atoms with Gasteiger partial charge in [-0.05, 0) is 19.4 Å². The van der Waals surface area contributed by atoms with E-state index in [4.69, 9.17) is 0 Å². The topological polar surface area (TPSA) is 24.9 Å². The second-order valence-corrected chi connectivity index (χ2v) is 4.15. The molecular weight excluding hydrogens is 168 g/mol. The first-order valence-electron chi connectivity index (χ1n) is 4.59. The van der Waals surface area contributed by atoms with Crippen molar-refractivity contribution in [1.82, 2.24) is 10.3 Å². The zero-order chi connectivity index (χ0) is 8.23. The fraction of sp³-hybridized carbons (Fsp3) is 0.667. The molecule has 1 fully saturated rings. The van der Waals surface area contributed by atoms with Gasteiger partial charge in [-0.2, -0.15) is 0 Å². The summed E-state index contributed by atoms with van der Waals surface area (Å²) >= 11 is 1.77. The van der Waals surface area contributed by atoms with Gasteiger partial charge in [-0.15, -0.1) is 11.3 Å². The Bertz CT molecular complexity index is 212. The average Bonchev–Trinajstić information content (AvgIpc) is 2.48. The van der Waals surface area contributed by atoms with E-state index < -0.39 is 0 Å². The molecule has 1 unspecified atom stereocenters. The molecule has 0 aliphatic carbocycles. The highest BCUT2D eigenvalue weighted by Crippen LogP contribution is 2.23. The number of thiazole rings is 1. The Balaban J connectivity index is 2.02. The second-order valence-electron chi connectivity index (χ2n) is 3.23. The Kier molecular flexibility index (Phi) is 2.74. The minimum atomic E-state index is 0.535. The van der Waals surface area contributed by atoms with Crippen LogP contribution in [0.2, 0.25) is 0 Å². The fourth-order valence-electron chi connectivity index (χ4n) is 1.65. The Hall–Kier alpha value is -0.410. The Morgan fingerprint density at radius 1 is 1.42 bits per heavy atom. The summed E-state index contributed by atoms with van der Waals surface area (Å²) in [6, 6.07) is 0.535. The van der Waals surface area contributed by atoms with Crippen LogP contribution in [0.1, 0.15) is 36.7 Å². The predicted molar refractivity (Wildman–Crippen MR) is 51.3 cm³/mol. The maximum atomic E-state index is 4.34. The Labute approximate surface area is 77.0 Å². The monoisotopic (exact) mass is 182 g/mol. The van der Waals surface area contributed by atoms with E-state index in [0.717, 1.165) is 6.54 Å². The first-order valence-corrected chi connectivity index (χ1v) is 5.47. The molecule has 3 heteroatoms. The lowest BCUT2D eigenvalue weighted by atomic mass is 10.1. The van der Waals surface area contributed by atoms with Gasteiger partial charge in [0, 0.05) is 11.6 Å². The van der Waals surface area contributed by atoms with Crippen molar-refractivity contribution in [3.63, 3.8) is 0 Å². The lowest BCUT2D eigenvalue weighted by Crippen LogP contribution is -2.19. The number of aromatic nitrogens is 1. The zero-order valence-corrected chi connectivity index (χ0v) is 7.94. The van der Waals surface area contributed by atoms with Gasteiger partial charge >= 0.3 is 0 Å². The molecule has 1 aromatic heterocycles. The maximum Gasteiger partial charge on any atom is 0.109 e. The minimum absolute atomic E-state index is 0.535. The van der Waals surface area contributed by atoms with Crippen LogP contribution < -0.4 is 5.32 Å². The summed E-state index contributed by atoms with van der Waals surface area (Å²) < 4.78 is 0. The Morgan fingerprint density at radius 2 is 2.42 bits per heavy atom. The van der Waals surface area contributed by atoms with Crippen LogP contribution in [-0.2, 0) is 0 Å². The molecule has 1 N–H and O–H groups in total. The summed E-state index contributed by atoms with van der Waals surface area (Å²) in [5.74, 6) is 0. The van der Waals surface area contributed by atoms with Crippen molar-refractivity contribution in [3.05, 3.63) is 16.6 Å². The first-order chi connectivity index (χ1) is 5.97. The van der Waals surface area contributed by atoms with Crippen molar-refractivity contribution in [2.75, 3.05) is 6.54 Å². The molecule has 0 spiro atoms. The van der Waals surface area contributed by atoms with E-state index in [0.29, 0.717) is 6.04 Å². The smallest absolute Gasteiger partial charge is 0.109 e. The molecule has 2 nitrogen and oxygen atoms in total. The van der Waals surface area contributed by atoms with Crippen molar-refractivity contribution in [1.29, 1.82) is 0 Å². The largest absolute Gasteiger partial charge is 0.308 e. The summed E-state index contributed by atoms with van der Waals surface area (Å²) in [6.07, 6.45) is 7.19. The normalized spacial score (nSPS) is 25.2. The zero-order valence-electron chi connectivity index (χ0n) is 7.12. The number of rotatable bonds is 1. The molecule has 1 aliphatic heterocycles. The van der Waals surface area contributed by atoms with Crippen LogP contribution in [0.5, 0.6) is 0 Å². The lowest BCUT2D eigenvalue weighted by Gasteiger charge is -2.11. The van der Waals surface area contributed by atoms with Crippen LogP contribution in [0.25, 0.3) is 0 Å². The van der Waals surface area contributed by atoms with Gasteiger partial charge in [0.15, 0.2) is 0 Å². The van der Waals surface area contributed by atoms with Gasteiger partial charge in [-0.3, -0.25) is 0 Å². The van der Waals surface area contributed by atoms with E-state index in [-0.39, 0.29) is 0 Å². The first kappa shape index (κ1) is 8.20. The van der Waals surface area contributed by atoms with Gasteiger partial charge < -0.3 is 5.32 Å². The molecule has 1 aromatic rings. The molecule has 1 aliphatic rings. The van der Waals surface area contributed by atoms with Crippen molar-refractivity contribution in [2.24, 2.45) is 0 Å². The molecule has 0 saturated carbocycles. The van der Waals surface area contributed by atoms with Gasteiger partial charge in [0.05, 0.1) is 6.04 Å². The summed E-state index contributed by atoms with van der Waals surface area (Å²) in [6.45, 7) is 1.16. The van der Waals surface area contributed by atoms with Crippen LogP contribution in [-0.4, -0.2) is 11.5 Å². The third kappa shape index (κ3) is 1.84. The number of hydrogen-bond donors (Lipinski definition) is 1. The van der Waals surface area contributed by atoms with E-state index in [9.17, 15) is 0 Å². The van der Waals surface area contributed by atoms with Crippen molar-refractivity contribution >= 4 is 11.3 Å². The fourth-order valence-corrected chi connectivity index (χ4v) is 2.39. The molecule has 66 valence electrons. The number of hydrogen-bond acceptors (Lipinski definition) is 3. The number of nitrogens with one attached hydrogen (secondary N) is 1. The van der Waals surface area contributed by atoms with Crippen LogP contribution in [0.15, 0.2) is 11.6 Å². The van der Waals surface area contributed by atoms with E-state index in [2.05, 4.69) is 15.7 Å². The molecular formula is C9H14N2S. The standard InChI is InChI=1S/C9H14N2S/c1-2-4-8(10-5-3-1)9-11-6-7-12-9/h6-8,10H,1-5H2. The maximum absolute atomic E-state index is 4.34. The highest BCUT2D eigenvalue weighted by Gasteiger charge is 2.14. The molecule has 0 radical (unpaired) electrons. The summed E-state index contributed by atoms with van der Waals surface area (Å²) in [7, 11) is 0. The summed E-state index contributed by atoms with van der Waals surface area (Å²) in [4.78, 5) is 4.34. The quantitative estimate of drug-likeness (QED) is 0.721. The van der Waals surface area contributed by atoms with E-state index in [1.807, 2.05) is 6.20 Å². The molecule has 2 rings (SSSR count). The van der Waals surface area contributed by atoms with Gasteiger partial charge in [0.25, 0.3) is 0 Å². The van der Waals surface area contributed by atoms with Crippen LogP contribution in [0, 0.1) is 0 Å². The van der Waals surface area contributed by atoms with Crippen LogP contribution in [0.4, 0.5) is 0 Å². The SMILES string of the molecule is c1csc(C2CCCCCN2)n1. The highest BCUT2D eigenvalue weighted by atomic mass is 32.1. The molecule has 12 heavy (non-hydrogen) atoms. The highest BCUT2D eigenvalue weighted by molar-refractivity contribution is 7.09. The van der Waals surface area contributed by atoms with Crippen molar-refractivity contribution < 1.29 is 0 Å². The van der Waals surface area contributed by atoms with Crippen LogP contribution >= 0.6 is 11.3 Å². The van der Waals surface area contributed by atoms with Gasteiger partial charge in [0.2, 0.25) is 0 Å². The summed E-state index contributed by atoms with van der Waals surface area (Å²) in [5, 5.41) is 6.85. The molecule has 1 saturated heterocycles. The molecule has 0 aromatic carbocycles. The lowest BCUT2D eigenvalue weighted by molar-refractivity contribution is 0.532. The minimum Gasteiger partial charge on any atom is -0.308 e. The van der Waals surface area contributed by atoms with Gasteiger partial charge in [-0.25, -0.2) is 4.98 Å². The number of nitrogens with zero attached hydrogens (tertiary/aromatic N) is 1.